The quantitative estimate of drug-likeness (QED) is 0.345. The third kappa shape index (κ3) is 4.13. The summed E-state index contributed by atoms with van der Waals surface area (Å²) in [4.78, 5) is 0. The monoisotopic (exact) mass is 207 g/mol. The fraction of sp³-hybridized carbons (Fsp3) is 0.417. The van der Waals surface area contributed by atoms with Crippen LogP contribution < -0.4 is 5.32 Å². The number of rotatable bonds is 3. The van der Waals surface area contributed by atoms with Crippen LogP contribution in [-0.2, 0) is 6.54 Å². The van der Waals surface area contributed by atoms with E-state index in [-0.39, 0.29) is 5.54 Å². The summed E-state index contributed by atoms with van der Waals surface area (Å²) in [5.41, 5.74) is 2.00. The van der Waals surface area contributed by atoms with E-state index in [4.69, 9.17) is 5.21 Å². The van der Waals surface area contributed by atoms with Gasteiger partial charge in [0, 0.05) is 29.0 Å². The average molecular weight is 207 g/mol. The Labute approximate surface area is 91.0 Å². The molecule has 0 bridgehead atoms. The Morgan fingerprint density at radius 2 is 1.80 bits per heavy atom. The van der Waals surface area contributed by atoms with Crippen LogP contribution in [0.15, 0.2) is 24.3 Å². The van der Waals surface area contributed by atoms with Crippen LogP contribution in [0.3, 0.4) is 0 Å². The van der Waals surface area contributed by atoms with Gasteiger partial charge in [-0.3, -0.25) is 5.21 Å². The predicted octanol–water partition coefficient (Wildman–Crippen LogP) is 2.31. The van der Waals surface area contributed by atoms with Gasteiger partial charge in [0.1, 0.15) is 0 Å². The highest BCUT2D eigenvalue weighted by atomic mass is 16.5. The van der Waals surface area contributed by atoms with E-state index in [1.165, 1.54) is 5.56 Å². The molecule has 3 nitrogen and oxygen atoms in total. The van der Waals surface area contributed by atoms with E-state index >= 15 is 0 Å². The molecule has 2 N–H and O–H groups in total. The maximum atomic E-state index is 9.08. The van der Waals surface area contributed by atoms with E-state index in [1.807, 2.05) is 24.3 Å². The van der Waals surface area contributed by atoms with Crippen molar-refractivity contribution in [3.63, 3.8) is 0 Å². The Hall–Kier alpha value is -1.35. The zero-order chi connectivity index (χ0) is 11.5. The van der Waals surface area contributed by atoms with Crippen molar-refractivity contribution in [2.75, 3.05) is 0 Å². The first-order valence-corrected chi connectivity index (χ1v) is 5.02. The molecule has 82 valence electrons. The van der Waals surface area contributed by atoms with Gasteiger partial charge in [-0.05, 0) is 26.3 Å². The molecule has 3 heteroatoms. The van der Waals surface area contributed by atoms with Gasteiger partial charge in [0.2, 0.25) is 0 Å². The van der Waals surface area contributed by atoms with Crippen LogP contribution >= 0.6 is 0 Å². The van der Waals surface area contributed by atoms with Crippen molar-refractivity contribution in [3.05, 3.63) is 29.8 Å². The number of nitrogens with one attached hydrogen (secondary N) is 1. The van der Waals surface area contributed by atoms with Gasteiger partial charge in [-0.1, -0.05) is 12.1 Å². The summed E-state index contributed by atoms with van der Waals surface area (Å²) in [6.07, 6.45) is 0. The van der Waals surface area contributed by atoms with E-state index in [0.29, 0.717) is 5.69 Å². The first-order valence-electron chi connectivity index (χ1n) is 5.02. The van der Waals surface area contributed by atoms with Crippen LogP contribution in [0.5, 0.6) is 0 Å². The van der Waals surface area contributed by atoms with Crippen molar-refractivity contribution in [2.45, 2.75) is 32.9 Å². The van der Waals surface area contributed by atoms with E-state index < -0.39 is 0 Å². The summed E-state index contributed by atoms with van der Waals surface area (Å²) in [5, 5.41) is 12.5. The minimum Gasteiger partial charge on any atom is -0.308 e. The van der Waals surface area contributed by atoms with E-state index in [0.717, 1.165) is 11.3 Å². The van der Waals surface area contributed by atoms with E-state index in [9.17, 15) is 0 Å². The van der Waals surface area contributed by atoms with Crippen molar-refractivity contribution in [3.8, 4) is 0 Å². The van der Waals surface area contributed by atoms with Crippen LogP contribution in [0.4, 0.5) is 5.69 Å². The molecule has 0 aliphatic carbocycles. The molecule has 1 rings (SSSR count). The normalized spacial score (nSPS) is 11.4. The third-order valence-electron chi connectivity index (χ3n) is 2.06. The smallest absolute Gasteiger partial charge is 0.256 e. The van der Waals surface area contributed by atoms with Crippen LogP contribution in [0, 0.1) is 0 Å². The van der Waals surface area contributed by atoms with Gasteiger partial charge < -0.3 is 5.32 Å². The highest BCUT2D eigenvalue weighted by Gasteiger charge is 2.09. The Bertz CT molecular complexity index is 336. The minimum atomic E-state index is 0.119. The zero-order valence-corrected chi connectivity index (χ0v) is 9.62. The van der Waals surface area contributed by atoms with Crippen molar-refractivity contribution >= 4 is 12.4 Å². The lowest BCUT2D eigenvalue weighted by Gasteiger charge is -2.20. The lowest BCUT2D eigenvalue weighted by Crippen LogP contribution is -2.35. The van der Waals surface area contributed by atoms with Crippen molar-refractivity contribution in [2.24, 2.45) is 0 Å². The molecule has 0 aromatic heterocycles. The second-order valence-electron chi connectivity index (χ2n) is 4.67. The van der Waals surface area contributed by atoms with Crippen LogP contribution in [0.1, 0.15) is 26.3 Å². The molecule has 0 aliphatic heterocycles. The fourth-order valence-corrected chi connectivity index (χ4v) is 1.15. The lowest BCUT2D eigenvalue weighted by molar-refractivity contribution is -0.706. The SMILES string of the molecule is C=[N+](O)c1ccc(CNC(C)(C)C)cc1. The average Bonchev–Trinajstić information content (AvgIpc) is 2.14. The third-order valence-corrected chi connectivity index (χ3v) is 2.06. The molecule has 0 saturated carbocycles. The second-order valence-corrected chi connectivity index (χ2v) is 4.67. The molecule has 0 saturated heterocycles. The second kappa shape index (κ2) is 4.45. The Balaban J connectivity index is 2.61. The predicted molar refractivity (Wildman–Crippen MR) is 61.9 cm³/mol. The summed E-state index contributed by atoms with van der Waals surface area (Å²) in [5.74, 6) is 0. The number of hydrogen-bond donors (Lipinski definition) is 2. The Kier molecular flexibility index (Phi) is 3.48. The number of nitrogens with zero attached hydrogens (tertiary/aromatic N) is 1. The van der Waals surface area contributed by atoms with E-state index in [1.54, 1.807) is 0 Å². The van der Waals surface area contributed by atoms with Gasteiger partial charge in [0.05, 0.1) is 0 Å². The van der Waals surface area contributed by atoms with E-state index in [2.05, 4.69) is 32.8 Å². The first kappa shape index (κ1) is 11.7. The highest BCUT2D eigenvalue weighted by Crippen LogP contribution is 2.11. The zero-order valence-electron chi connectivity index (χ0n) is 9.62. The highest BCUT2D eigenvalue weighted by molar-refractivity contribution is 5.35. The lowest BCUT2D eigenvalue weighted by atomic mass is 10.1. The minimum absolute atomic E-state index is 0.119. The van der Waals surface area contributed by atoms with Crippen molar-refractivity contribution in [1.29, 1.82) is 0 Å². The van der Waals surface area contributed by atoms with Gasteiger partial charge in [-0.15, -0.1) is 0 Å². The van der Waals surface area contributed by atoms with Crippen LogP contribution in [-0.4, -0.2) is 22.2 Å². The molecule has 0 radical (unpaired) electrons. The van der Waals surface area contributed by atoms with Crippen LogP contribution in [0.25, 0.3) is 0 Å². The van der Waals surface area contributed by atoms with Crippen molar-refractivity contribution < 1.29 is 9.95 Å². The summed E-state index contributed by atoms with van der Waals surface area (Å²) in [6, 6.07) is 7.63. The maximum absolute atomic E-state index is 9.08. The summed E-state index contributed by atoms with van der Waals surface area (Å²) in [6.45, 7) is 10.6. The summed E-state index contributed by atoms with van der Waals surface area (Å²) in [7, 11) is 0. The number of benzene rings is 1. The maximum Gasteiger partial charge on any atom is 0.256 e. The van der Waals surface area contributed by atoms with Gasteiger partial charge in [0.15, 0.2) is 6.72 Å². The molecule has 0 atom stereocenters. The van der Waals surface area contributed by atoms with Gasteiger partial charge >= 0.3 is 0 Å². The number of hydrogen-bond acceptors (Lipinski definition) is 2. The molecule has 0 heterocycles. The molecule has 0 aliphatic rings. The largest absolute Gasteiger partial charge is 0.308 e. The standard InChI is InChI=1S/C12H19N2O/c1-12(2,3)13-9-10-5-7-11(8-6-10)14(4)15/h5-8,13,15H,4,9H2,1-3H3/q+1. The van der Waals surface area contributed by atoms with Gasteiger partial charge in [-0.25, -0.2) is 0 Å². The molecule has 1 aromatic rings. The van der Waals surface area contributed by atoms with Gasteiger partial charge in [-0.2, -0.15) is 0 Å². The molecule has 0 amide bonds. The van der Waals surface area contributed by atoms with Crippen molar-refractivity contribution in [1.82, 2.24) is 5.32 Å². The molecule has 0 unspecified atom stereocenters. The van der Waals surface area contributed by atoms with Gasteiger partial charge in [0.25, 0.3) is 5.69 Å². The summed E-state index contributed by atoms with van der Waals surface area (Å²) < 4.78 is 0.862. The van der Waals surface area contributed by atoms with Crippen LogP contribution in [0.2, 0.25) is 0 Å². The molecular formula is C12H19N2O+. The molecule has 15 heavy (non-hydrogen) atoms. The Morgan fingerprint density at radius 1 is 1.27 bits per heavy atom. The fourth-order valence-electron chi connectivity index (χ4n) is 1.15. The molecular weight excluding hydrogens is 188 g/mol. The Morgan fingerprint density at radius 3 is 2.20 bits per heavy atom. The molecule has 0 spiro atoms. The molecule has 1 aromatic carbocycles. The topological polar surface area (TPSA) is 35.3 Å². The first-order chi connectivity index (χ1) is 6.88. The molecule has 0 fully saturated rings. The summed E-state index contributed by atoms with van der Waals surface area (Å²) >= 11 is 0.